The van der Waals surface area contributed by atoms with Crippen molar-refractivity contribution in [1.29, 1.82) is 0 Å². The lowest BCUT2D eigenvalue weighted by Gasteiger charge is -2.25. The molecule has 0 saturated heterocycles. The second kappa shape index (κ2) is 7.57. The summed E-state index contributed by atoms with van der Waals surface area (Å²) in [5.41, 5.74) is 7.86. The van der Waals surface area contributed by atoms with Gasteiger partial charge in [0.2, 0.25) is 0 Å². The normalized spacial score (nSPS) is 13.6. The summed E-state index contributed by atoms with van der Waals surface area (Å²) in [6.07, 6.45) is 4.52. The van der Waals surface area contributed by atoms with E-state index in [0.29, 0.717) is 0 Å². The Hall–Kier alpha value is -3.59. The van der Waals surface area contributed by atoms with Gasteiger partial charge in [0.15, 0.2) is 0 Å². The van der Waals surface area contributed by atoms with E-state index in [-0.39, 0.29) is 5.75 Å². The maximum atomic E-state index is 10.7. The van der Waals surface area contributed by atoms with Crippen LogP contribution in [-0.4, -0.2) is 16.2 Å². The molecule has 0 radical (unpaired) electrons. The number of fused-ring (bicyclic) bond motifs is 1. The molecule has 3 nitrogen and oxygen atoms in total. The highest BCUT2D eigenvalue weighted by Gasteiger charge is 2.21. The van der Waals surface area contributed by atoms with E-state index in [0.717, 1.165) is 41.2 Å². The van der Waals surface area contributed by atoms with Crippen molar-refractivity contribution in [2.75, 3.05) is 0 Å². The van der Waals surface area contributed by atoms with Gasteiger partial charge in [-0.1, -0.05) is 60.7 Å². The average molecular weight is 368 g/mol. The van der Waals surface area contributed by atoms with Crippen LogP contribution in [0.25, 0.3) is 17.2 Å². The van der Waals surface area contributed by atoms with Crippen molar-refractivity contribution in [1.82, 2.24) is 0 Å². The Kier molecular flexibility index (Phi) is 4.81. The summed E-state index contributed by atoms with van der Waals surface area (Å²) in [5.74, 6) is -0.672. The van der Waals surface area contributed by atoms with Crippen molar-refractivity contribution < 1.29 is 15.0 Å². The summed E-state index contributed by atoms with van der Waals surface area (Å²) >= 11 is 0. The van der Waals surface area contributed by atoms with Gasteiger partial charge in [-0.25, -0.2) is 4.79 Å². The van der Waals surface area contributed by atoms with E-state index in [1.54, 1.807) is 12.1 Å². The summed E-state index contributed by atoms with van der Waals surface area (Å²) < 4.78 is 0. The molecule has 0 atom stereocenters. The molecule has 0 spiro atoms. The van der Waals surface area contributed by atoms with E-state index < -0.39 is 5.97 Å². The molecular formula is C25H20O3. The van der Waals surface area contributed by atoms with E-state index >= 15 is 0 Å². The van der Waals surface area contributed by atoms with Crippen molar-refractivity contribution >= 4 is 23.2 Å². The molecule has 0 fully saturated rings. The van der Waals surface area contributed by atoms with E-state index in [1.807, 2.05) is 54.6 Å². The summed E-state index contributed by atoms with van der Waals surface area (Å²) in [7, 11) is 0. The molecule has 3 heteroatoms. The Balaban J connectivity index is 1.86. The molecule has 3 aromatic rings. The number of phenolic OH excluding ortho intramolecular Hbond substituents is 1. The third-order valence-corrected chi connectivity index (χ3v) is 5.04. The average Bonchev–Trinajstić information content (AvgIpc) is 2.72. The van der Waals surface area contributed by atoms with Gasteiger partial charge in [-0.3, -0.25) is 0 Å². The second-order valence-corrected chi connectivity index (χ2v) is 6.85. The summed E-state index contributed by atoms with van der Waals surface area (Å²) in [4.78, 5) is 10.7. The number of hydrogen-bond acceptors (Lipinski definition) is 2. The first kappa shape index (κ1) is 17.8. The minimum atomic E-state index is -0.959. The zero-order chi connectivity index (χ0) is 19.5. The Labute approximate surface area is 163 Å². The van der Waals surface area contributed by atoms with E-state index in [9.17, 15) is 9.90 Å². The van der Waals surface area contributed by atoms with Crippen LogP contribution in [0, 0.1) is 0 Å². The molecule has 28 heavy (non-hydrogen) atoms. The second-order valence-electron chi connectivity index (χ2n) is 6.85. The topological polar surface area (TPSA) is 57.5 Å². The van der Waals surface area contributed by atoms with Gasteiger partial charge < -0.3 is 10.2 Å². The zero-order valence-electron chi connectivity index (χ0n) is 15.3. The lowest BCUT2D eigenvalue weighted by atomic mass is 9.79. The van der Waals surface area contributed by atoms with Crippen LogP contribution in [0.5, 0.6) is 5.75 Å². The number of aryl methyl sites for hydroxylation is 1. The molecule has 0 aliphatic heterocycles. The van der Waals surface area contributed by atoms with Crippen LogP contribution in [0.3, 0.4) is 0 Å². The fourth-order valence-corrected chi connectivity index (χ4v) is 3.76. The van der Waals surface area contributed by atoms with Crippen LogP contribution < -0.4 is 0 Å². The third kappa shape index (κ3) is 3.60. The predicted molar refractivity (Wildman–Crippen MR) is 112 cm³/mol. The van der Waals surface area contributed by atoms with Gasteiger partial charge in [0.05, 0.1) is 0 Å². The van der Waals surface area contributed by atoms with Gasteiger partial charge in [0, 0.05) is 6.08 Å². The molecule has 0 heterocycles. The van der Waals surface area contributed by atoms with Crippen LogP contribution in [0.4, 0.5) is 0 Å². The van der Waals surface area contributed by atoms with Crippen molar-refractivity contribution in [3.63, 3.8) is 0 Å². The Morgan fingerprint density at radius 1 is 0.857 bits per heavy atom. The lowest BCUT2D eigenvalue weighted by molar-refractivity contribution is -0.131. The van der Waals surface area contributed by atoms with Crippen LogP contribution in [0.15, 0.2) is 78.9 Å². The van der Waals surface area contributed by atoms with Gasteiger partial charge in [-0.15, -0.1) is 0 Å². The summed E-state index contributed by atoms with van der Waals surface area (Å²) in [6, 6.07) is 23.9. The van der Waals surface area contributed by atoms with Crippen LogP contribution in [0.1, 0.15) is 34.2 Å². The first-order valence-electron chi connectivity index (χ1n) is 9.24. The SMILES string of the molecule is O=C(O)C=Cc1ccc(C2=C(c3ccccc3)CCc3cc(O)ccc32)cc1. The zero-order valence-corrected chi connectivity index (χ0v) is 15.3. The molecule has 2 N–H and O–H groups in total. The fourth-order valence-electron chi connectivity index (χ4n) is 3.76. The minimum absolute atomic E-state index is 0.287. The van der Waals surface area contributed by atoms with E-state index in [2.05, 4.69) is 12.1 Å². The number of allylic oxidation sites excluding steroid dienone is 1. The maximum Gasteiger partial charge on any atom is 0.328 e. The smallest absolute Gasteiger partial charge is 0.328 e. The van der Waals surface area contributed by atoms with Gasteiger partial charge in [-0.2, -0.15) is 0 Å². The molecule has 0 saturated carbocycles. The van der Waals surface area contributed by atoms with Crippen LogP contribution in [-0.2, 0) is 11.2 Å². The Bertz CT molecular complexity index is 1070. The van der Waals surface area contributed by atoms with E-state index in [1.165, 1.54) is 16.7 Å². The number of aliphatic carboxylic acids is 1. The molecular weight excluding hydrogens is 348 g/mol. The van der Waals surface area contributed by atoms with Gasteiger partial charge in [0.1, 0.15) is 5.75 Å². The Morgan fingerprint density at radius 2 is 1.61 bits per heavy atom. The predicted octanol–water partition coefficient (Wildman–Crippen LogP) is 5.40. The molecule has 0 amide bonds. The third-order valence-electron chi connectivity index (χ3n) is 5.04. The minimum Gasteiger partial charge on any atom is -0.508 e. The molecule has 1 aliphatic rings. The number of carboxylic acids is 1. The number of rotatable bonds is 4. The number of phenols is 1. The first-order valence-corrected chi connectivity index (χ1v) is 9.24. The van der Waals surface area contributed by atoms with Crippen molar-refractivity contribution in [3.8, 4) is 5.75 Å². The molecule has 138 valence electrons. The standard InChI is InChI=1S/C25H20O3/c26-21-12-14-23-20(16-21)11-13-22(18-4-2-1-3-5-18)25(23)19-9-6-17(7-10-19)8-15-24(27)28/h1-10,12,14-16,26H,11,13H2,(H,27,28). The van der Waals surface area contributed by atoms with E-state index in [4.69, 9.17) is 5.11 Å². The van der Waals surface area contributed by atoms with Gasteiger partial charge in [0.25, 0.3) is 0 Å². The molecule has 0 bridgehead atoms. The largest absolute Gasteiger partial charge is 0.508 e. The number of hydrogen-bond donors (Lipinski definition) is 2. The molecule has 1 aliphatic carbocycles. The monoisotopic (exact) mass is 368 g/mol. The highest BCUT2D eigenvalue weighted by molar-refractivity contribution is 6.01. The number of carboxylic acid groups (broad SMARTS) is 1. The fraction of sp³-hybridized carbons (Fsp3) is 0.0800. The summed E-state index contributed by atoms with van der Waals surface area (Å²) in [6.45, 7) is 0. The van der Waals surface area contributed by atoms with Crippen molar-refractivity contribution in [3.05, 3.63) is 107 Å². The van der Waals surface area contributed by atoms with Crippen LogP contribution in [0.2, 0.25) is 0 Å². The first-order chi connectivity index (χ1) is 13.6. The Morgan fingerprint density at radius 3 is 2.32 bits per heavy atom. The molecule has 4 rings (SSSR count). The van der Waals surface area contributed by atoms with Gasteiger partial charge in [-0.05, 0) is 70.0 Å². The van der Waals surface area contributed by atoms with Gasteiger partial charge >= 0.3 is 5.97 Å². The lowest BCUT2D eigenvalue weighted by Crippen LogP contribution is -2.06. The maximum absolute atomic E-state index is 10.7. The summed E-state index contributed by atoms with van der Waals surface area (Å²) in [5, 5.41) is 18.7. The number of benzene rings is 3. The molecule has 3 aromatic carbocycles. The number of carbonyl (C=O) groups is 1. The van der Waals surface area contributed by atoms with Crippen LogP contribution >= 0.6 is 0 Å². The number of aromatic hydroxyl groups is 1. The highest BCUT2D eigenvalue weighted by atomic mass is 16.4. The highest BCUT2D eigenvalue weighted by Crippen LogP contribution is 2.41. The molecule has 0 aromatic heterocycles. The molecule has 0 unspecified atom stereocenters. The van der Waals surface area contributed by atoms with Crippen molar-refractivity contribution in [2.45, 2.75) is 12.8 Å². The van der Waals surface area contributed by atoms with Crippen molar-refractivity contribution in [2.24, 2.45) is 0 Å². The quantitative estimate of drug-likeness (QED) is 0.607.